The third kappa shape index (κ3) is 5.04. The summed E-state index contributed by atoms with van der Waals surface area (Å²) in [7, 11) is 0. The second-order valence-electron chi connectivity index (χ2n) is 3.08. The topological polar surface area (TPSA) is 55.2 Å². The number of aromatic nitrogens is 2. The van der Waals surface area contributed by atoms with Crippen LogP contribution in [-0.4, -0.2) is 34.5 Å². The molecule has 1 aromatic heterocycles. The Hall–Kier alpha value is -1.21. The minimum absolute atomic E-state index is 0.0853. The largest absolute Gasteiger partial charge is 0.411 e. The van der Waals surface area contributed by atoms with Crippen LogP contribution in [0.15, 0.2) is 12.4 Å². The zero-order chi connectivity index (χ0) is 12.0. The van der Waals surface area contributed by atoms with E-state index < -0.39 is 12.8 Å². The second kappa shape index (κ2) is 5.76. The van der Waals surface area contributed by atoms with Gasteiger partial charge in [-0.1, -0.05) is 0 Å². The molecule has 1 heterocycles. The van der Waals surface area contributed by atoms with Crippen LogP contribution in [0.3, 0.4) is 0 Å². The van der Waals surface area contributed by atoms with Crippen molar-refractivity contribution in [3.8, 4) is 0 Å². The Morgan fingerprint density at radius 1 is 1.25 bits per heavy atom. The Labute approximate surface area is 90.1 Å². The summed E-state index contributed by atoms with van der Waals surface area (Å²) >= 11 is 0. The van der Waals surface area contributed by atoms with Gasteiger partial charge in [0.05, 0.1) is 13.2 Å². The average molecular weight is 236 g/mol. The maximum Gasteiger partial charge on any atom is 0.411 e. The number of nitrogens with zero attached hydrogens (tertiary/aromatic N) is 2. The lowest BCUT2D eigenvalue weighted by molar-refractivity contribution is -0.173. The van der Waals surface area contributed by atoms with Crippen molar-refractivity contribution in [2.75, 3.05) is 13.2 Å². The molecule has 0 amide bonds. The Morgan fingerprint density at radius 2 is 1.88 bits per heavy atom. The fraction of sp³-hybridized carbons (Fsp3) is 0.556. The monoisotopic (exact) mass is 236 g/mol. The number of aliphatic hydroxyl groups is 1. The van der Waals surface area contributed by atoms with E-state index in [4.69, 9.17) is 5.11 Å². The van der Waals surface area contributed by atoms with Crippen molar-refractivity contribution >= 4 is 0 Å². The summed E-state index contributed by atoms with van der Waals surface area (Å²) in [5.74, 6) is 0.388. The van der Waals surface area contributed by atoms with Gasteiger partial charge in [0.1, 0.15) is 12.4 Å². The second-order valence-corrected chi connectivity index (χ2v) is 3.08. The molecule has 0 fully saturated rings. The molecule has 16 heavy (non-hydrogen) atoms. The molecule has 0 bridgehead atoms. The van der Waals surface area contributed by atoms with Crippen LogP contribution in [0.25, 0.3) is 0 Å². The Kier molecular flexibility index (Phi) is 4.63. The van der Waals surface area contributed by atoms with Crippen LogP contribution in [0, 0.1) is 0 Å². The molecule has 0 aliphatic rings. The highest BCUT2D eigenvalue weighted by atomic mass is 19.4. The van der Waals surface area contributed by atoms with Gasteiger partial charge in [-0.05, 0) is 0 Å². The fourth-order valence-electron chi connectivity index (χ4n) is 0.944. The molecule has 0 aromatic carbocycles. The summed E-state index contributed by atoms with van der Waals surface area (Å²) < 4.78 is 39.5. The molecule has 0 atom stereocenters. The normalized spacial score (nSPS) is 11.8. The van der Waals surface area contributed by atoms with E-state index in [1.165, 1.54) is 12.4 Å². The molecule has 0 saturated carbocycles. The molecular formula is C9H11F3N2O2. The third-order valence-corrected chi connectivity index (χ3v) is 1.68. The van der Waals surface area contributed by atoms with Gasteiger partial charge in [-0.2, -0.15) is 13.2 Å². The molecule has 7 heteroatoms. The lowest BCUT2D eigenvalue weighted by Crippen LogP contribution is -2.18. The molecule has 0 saturated heterocycles. The highest BCUT2D eigenvalue weighted by molar-refractivity contribution is 5.03. The summed E-state index contributed by atoms with van der Waals surface area (Å²) in [6.45, 7) is -1.51. The van der Waals surface area contributed by atoms with Crippen molar-refractivity contribution in [3.05, 3.63) is 23.8 Å². The van der Waals surface area contributed by atoms with Crippen molar-refractivity contribution in [2.24, 2.45) is 0 Å². The van der Waals surface area contributed by atoms with Gasteiger partial charge in [-0.3, -0.25) is 0 Å². The summed E-state index contributed by atoms with van der Waals surface area (Å²) in [6, 6.07) is 0. The van der Waals surface area contributed by atoms with Gasteiger partial charge in [0.25, 0.3) is 0 Å². The average Bonchev–Trinajstić information content (AvgIpc) is 2.24. The van der Waals surface area contributed by atoms with Crippen LogP contribution in [0.5, 0.6) is 0 Å². The Bertz CT molecular complexity index is 314. The number of ether oxygens (including phenoxy) is 1. The van der Waals surface area contributed by atoms with E-state index in [2.05, 4.69) is 14.7 Å². The van der Waals surface area contributed by atoms with Crippen molar-refractivity contribution in [3.63, 3.8) is 0 Å². The molecule has 0 aliphatic heterocycles. The summed E-state index contributed by atoms with van der Waals surface area (Å²) in [5.41, 5.74) is 0.556. The van der Waals surface area contributed by atoms with Gasteiger partial charge in [-0.25, -0.2) is 9.97 Å². The van der Waals surface area contributed by atoms with Crippen molar-refractivity contribution < 1.29 is 23.0 Å². The molecule has 0 spiro atoms. The summed E-state index contributed by atoms with van der Waals surface area (Å²) in [6.07, 6.45) is -1.25. The quantitative estimate of drug-likeness (QED) is 0.777. The van der Waals surface area contributed by atoms with Gasteiger partial charge in [0, 0.05) is 24.4 Å². The van der Waals surface area contributed by atoms with E-state index in [-0.39, 0.29) is 19.6 Å². The highest BCUT2D eigenvalue weighted by Gasteiger charge is 2.27. The molecule has 0 radical (unpaired) electrons. The maximum atomic E-state index is 11.7. The first-order valence-electron chi connectivity index (χ1n) is 4.56. The Balaban J connectivity index is 2.27. The van der Waals surface area contributed by atoms with Crippen molar-refractivity contribution in [2.45, 2.75) is 19.2 Å². The molecular weight excluding hydrogens is 225 g/mol. The first-order valence-corrected chi connectivity index (χ1v) is 4.56. The third-order valence-electron chi connectivity index (χ3n) is 1.68. The summed E-state index contributed by atoms with van der Waals surface area (Å²) in [5, 5.41) is 8.70. The number of rotatable bonds is 5. The molecule has 90 valence electrons. The van der Waals surface area contributed by atoms with E-state index >= 15 is 0 Å². The number of hydrogen-bond acceptors (Lipinski definition) is 4. The molecule has 4 nitrogen and oxygen atoms in total. The van der Waals surface area contributed by atoms with E-state index in [0.29, 0.717) is 11.4 Å². The van der Waals surface area contributed by atoms with E-state index in [1.807, 2.05) is 0 Å². The van der Waals surface area contributed by atoms with Gasteiger partial charge >= 0.3 is 6.18 Å². The predicted molar refractivity (Wildman–Crippen MR) is 48.5 cm³/mol. The maximum absolute atomic E-state index is 11.7. The van der Waals surface area contributed by atoms with E-state index in [0.717, 1.165) is 0 Å². The molecule has 1 aromatic rings. The van der Waals surface area contributed by atoms with E-state index in [1.54, 1.807) is 0 Å². The summed E-state index contributed by atoms with van der Waals surface area (Å²) in [4.78, 5) is 7.70. The van der Waals surface area contributed by atoms with Crippen LogP contribution in [-0.2, 0) is 17.8 Å². The van der Waals surface area contributed by atoms with Crippen LogP contribution in [0.4, 0.5) is 13.2 Å². The molecule has 0 unspecified atom stereocenters. The predicted octanol–water partition coefficient (Wildman–Crippen LogP) is 1.09. The lowest BCUT2D eigenvalue weighted by atomic mass is 10.3. The van der Waals surface area contributed by atoms with Gasteiger partial charge < -0.3 is 9.84 Å². The smallest absolute Gasteiger partial charge is 0.392 e. The SMILES string of the molecule is OCc1cnc(CCOCC(F)(F)F)nc1. The van der Waals surface area contributed by atoms with Crippen molar-refractivity contribution in [1.29, 1.82) is 0 Å². The van der Waals surface area contributed by atoms with Gasteiger partial charge in [-0.15, -0.1) is 0 Å². The fourth-order valence-corrected chi connectivity index (χ4v) is 0.944. The van der Waals surface area contributed by atoms with Crippen molar-refractivity contribution in [1.82, 2.24) is 9.97 Å². The number of alkyl halides is 3. The number of aliphatic hydroxyl groups excluding tert-OH is 1. The van der Waals surface area contributed by atoms with Crippen LogP contribution in [0.1, 0.15) is 11.4 Å². The molecule has 1 rings (SSSR count). The first kappa shape index (κ1) is 12.9. The minimum Gasteiger partial charge on any atom is -0.392 e. The Morgan fingerprint density at radius 3 is 2.38 bits per heavy atom. The molecule has 0 aliphatic carbocycles. The van der Waals surface area contributed by atoms with Gasteiger partial charge in [0.15, 0.2) is 0 Å². The first-order chi connectivity index (χ1) is 7.51. The standard InChI is InChI=1S/C9H11F3N2O2/c10-9(11,12)6-16-2-1-8-13-3-7(5-15)4-14-8/h3-4,15H,1-2,5-6H2. The lowest BCUT2D eigenvalue weighted by Gasteiger charge is -2.06. The van der Waals surface area contributed by atoms with Crippen LogP contribution >= 0.6 is 0 Å². The minimum atomic E-state index is -4.30. The van der Waals surface area contributed by atoms with Crippen LogP contribution in [0.2, 0.25) is 0 Å². The highest BCUT2D eigenvalue weighted by Crippen LogP contribution is 2.14. The molecule has 1 N–H and O–H groups in total. The zero-order valence-electron chi connectivity index (χ0n) is 8.37. The number of hydrogen-bond donors (Lipinski definition) is 1. The van der Waals surface area contributed by atoms with Gasteiger partial charge in [0.2, 0.25) is 0 Å². The zero-order valence-corrected chi connectivity index (χ0v) is 8.37. The number of halogens is 3. The van der Waals surface area contributed by atoms with Crippen LogP contribution < -0.4 is 0 Å². The van der Waals surface area contributed by atoms with E-state index in [9.17, 15) is 13.2 Å².